The molecule has 0 bridgehead atoms. The fourth-order valence-corrected chi connectivity index (χ4v) is 3.24. The number of aromatic nitrogens is 2. The maximum atomic E-state index is 12.4. The summed E-state index contributed by atoms with van der Waals surface area (Å²) in [6.45, 7) is 2.09. The van der Waals surface area contributed by atoms with Crippen molar-refractivity contribution in [3.63, 3.8) is 0 Å². The third kappa shape index (κ3) is 3.95. The van der Waals surface area contributed by atoms with E-state index >= 15 is 0 Å². The molecule has 1 amide bonds. The second kappa shape index (κ2) is 8.13. The molecule has 0 unspecified atom stereocenters. The van der Waals surface area contributed by atoms with E-state index in [1.165, 1.54) is 23.0 Å². The Balaban J connectivity index is 1.88. The van der Waals surface area contributed by atoms with Gasteiger partial charge >= 0.3 is 0 Å². The Bertz CT molecular complexity index is 1080. The Morgan fingerprint density at radius 3 is 2.74 bits per heavy atom. The Kier molecular flexibility index (Phi) is 5.46. The van der Waals surface area contributed by atoms with Gasteiger partial charge in [-0.3, -0.25) is 9.89 Å². The molecule has 0 saturated heterocycles. The maximum absolute atomic E-state index is 12.4. The summed E-state index contributed by atoms with van der Waals surface area (Å²) in [7, 11) is 0. The molecule has 0 aliphatic rings. The highest BCUT2D eigenvalue weighted by molar-refractivity contribution is 7.14. The van der Waals surface area contributed by atoms with E-state index < -0.39 is 5.91 Å². The van der Waals surface area contributed by atoms with E-state index in [1.54, 1.807) is 17.6 Å². The Hall–Kier alpha value is -3.68. The van der Waals surface area contributed by atoms with Crippen LogP contribution in [0, 0.1) is 22.7 Å². The molecule has 0 radical (unpaired) electrons. The van der Waals surface area contributed by atoms with Crippen LogP contribution in [0.3, 0.4) is 0 Å². The molecule has 6 nitrogen and oxygen atoms in total. The van der Waals surface area contributed by atoms with Crippen LogP contribution in [0.4, 0.5) is 5.00 Å². The minimum absolute atomic E-state index is 0.0693. The van der Waals surface area contributed by atoms with E-state index in [1.807, 2.05) is 36.4 Å². The third-order valence-corrected chi connectivity index (χ3v) is 4.83. The number of nitrogens with zero attached hydrogens (tertiary/aromatic N) is 3. The minimum atomic E-state index is -0.565. The fourth-order valence-electron chi connectivity index (χ4n) is 2.51. The normalized spacial score (nSPS) is 10.9. The molecule has 2 N–H and O–H groups in total. The van der Waals surface area contributed by atoms with Crippen molar-refractivity contribution in [2.45, 2.75) is 13.3 Å². The fraction of sp³-hybridized carbons (Fsp3) is 0.100. The van der Waals surface area contributed by atoms with Gasteiger partial charge in [-0.25, -0.2) is 0 Å². The van der Waals surface area contributed by atoms with Gasteiger partial charge in [0.2, 0.25) is 0 Å². The lowest BCUT2D eigenvalue weighted by atomic mass is 10.0. The zero-order chi connectivity index (χ0) is 19.2. The van der Waals surface area contributed by atoms with Crippen molar-refractivity contribution in [3.05, 3.63) is 64.2 Å². The number of H-pyrrole nitrogens is 1. The third-order valence-electron chi connectivity index (χ3n) is 4.00. The van der Waals surface area contributed by atoms with Gasteiger partial charge in [0.15, 0.2) is 0 Å². The summed E-state index contributed by atoms with van der Waals surface area (Å²) in [5, 5.41) is 30.1. The number of aromatic amines is 1. The van der Waals surface area contributed by atoms with Crippen LogP contribution in [0.1, 0.15) is 23.6 Å². The minimum Gasteiger partial charge on any atom is -0.312 e. The lowest BCUT2D eigenvalue weighted by molar-refractivity contribution is -0.112. The van der Waals surface area contributed by atoms with Gasteiger partial charge in [-0.15, -0.1) is 11.3 Å². The van der Waals surface area contributed by atoms with Crippen molar-refractivity contribution < 1.29 is 4.79 Å². The van der Waals surface area contributed by atoms with Crippen molar-refractivity contribution in [3.8, 4) is 23.4 Å². The lowest BCUT2D eigenvalue weighted by Crippen LogP contribution is -2.13. The monoisotopic (exact) mass is 373 g/mol. The number of nitriles is 2. The van der Waals surface area contributed by atoms with Crippen molar-refractivity contribution >= 4 is 28.3 Å². The number of carbonyl (C=O) groups excluding carboxylic acids is 1. The quantitative estimate of drug-likeness (QED) is 0.518. The first-order valence-electron chi connectivity index (χ1n) is 8.19. The maximum Gasteiger partial charge on any atom is 0.266 e. The number of carbonyl (C=O) groups is 1. The number of thiophene rings is 1. The molecular weight excluding hydrogens is 358 g/mol. The zero-order valence-electron chi connectivity index (χ0n) is 14.5. The molecule has 1 aromatic carbocycles. The predicted octanol–water partition coefficient (Wildman–Crippen LogP) is 4.12. The molecule has 2 aromatic heterocycles. The Labute approximate surface area is 160 Å². The topological polar surface area (TPSA) is 105 Å². The molecule has 0 saturated carbocycles. The Morgan fingerprint density at radius 2 is 2.07 bits per heavy atom. The molecule has 3 rings (SSSR count). The van der Waals surface area contributed by atoms with E-state index in [0.29, 0.717) is 16.1 Å². The Morgan fingerprint density at radius 1 is 1.30 bits per heavy atom. The van der Waals surface area contributed by atoms with Crippen LogP contribution in [0.25, 0.3) is 17.3 Å². The van der Waals surface area contributed by atoms with Gasteiger partial charge in [-0.1, -0.05) is 31.2 Å². The van der Waals surface area contributed by atoms with Gasteiger partial charge in [0.25, 0.3) is 5.91 Å². The van der Waals surface area contributed by atoms with E-state index in [9.17, 15) is 10.1 Å². The van der Waals surface area contributed by atoms with Gasteiger partial charge < -0.3 is 5.32 Å². The van der Waals surface area contributed by atoms with Crippen LogP contribution in [-0.4, -0.2) is 16.1 Å². The largest absolute Gasteiger partial charge is 0.312 e. The summed E-state index contributed by atoms with van der Waals surface area (Å²) in [5.41, 5.74) is 3.80. The summed E-state index contributed by atoms with van der Waals surface area (Å²) in [6, 6.07) is 13.5. The standard InChI is InChI=1S/C20H15N5OS/c1-2-13-3-5-14(6-4-13)18-17(12-23-25-18)9-16(11-22)19(26)24-20-15(10-21)7-8-27-20/h3-9,12H,2H2,1H3,(H,23,25)(H,24,26)/b16-9+. The first-order valence-corrected chi connectivity index (χ1v) is 9.07. The molecule has 0 fully saturated rings. The first-order chi connectivity index (χ1) is 13.2. The second-order valence-corrected chi connectivity index (χ2v) is 6.57. The molecule has 2 heterocycles. The molecular formula is C20H15N5OS. The number of rotatable bonds is 5. The van der Waals surface area contributed by atoms with E-state index in [0.717, 1.165) is 17.7 Å². The van der Waals surface area contributed by atoms with E-state index in [-0.39, 0.29) is 5.57 Å². The van der Waals surface area contributed by atoms with Crippen molar-refractivity contribution in [1.29, 1.82) is 10.5 Å². The molecule has 0 atom stereocenters. The highest BCUT2D eigenvalue weighted by Gasteiger charge is 2.15. The molecule has 3 aromatic rings. The van der Waals surface area contributed by atoms with Crippen LogP contribution in [0.15, 0.2) is 47.5 Å². The van der Waals surface area contributed by atoms with Crippen LogP contribution >= 0.6 is 11.3 Å². The molecule has 0 aliphatic carbocycles. The SMILES string of the molecule is CCc1ccc(-c2[nH]ncc2/C=C(\C#N)C(=O)Nc2sccc2C#N)cc1. The molecule has 0 spiro atoms. The first kappa shape index (κ1) is 18.1. The van der Waals surface area contributed by atoms with Crippen LogP contribution in [0.2, 0.25) is 0 Å². The number of hydrogen-bond acceptors (Lipinski definition) is 5. The van der Waals surface area contributed by atoms with Gasteiger partial charge in [-0.2, -0.15) is 15.6 Å². The van der Waals surface area contributed by atoms with Crippen LogP contribution < -0.4 is 5.32 Å². The molecule has 132 valence electrons. The lowest BCUT2D eigenvalue weighted by Gasteiger charge is -2.04. The highest BCUT2D eigenvalue weighted by atomic mass is 32.1. The van der Waals surface area contributed by atoms with Crippen molar-refractivity contribution in [2.24, 2.45) is 0 Å². The van der Waals surface area contributed by atoms with Gasteiger partial charge in [0, 0.05) is 11.1 Å². The van der Waals surface area contributed by atoms with Gasteiger partial charge in [0.1, 0.15) is 22.7 Å². The number of hydrogen-bond donors (Lipinski definition) is 2. The average molecular weight is 373 g/mol. The average Bonchev–Trinajstić information content (AvgIpc) is 3.35. The zero-order valence-corrected chi connectivity index (χ0v) is 15.3. The number of amides is 1. The highest BCUT2D eigenvalue weighted by Crippen LogP contribution is 2.25. The number of benzene rings is 1. The summed E-state index contributed by atoms with van der Waals surface area (Å²) >= 11 is 1.23. The molecule has 0 aliphatic heterocycles. The van der Waals surface area contributed by atoms with Crippen molar-refractivity contribution in [2.75, 3.05) is 5.32 Å². The summed E-state index contributed by atoms with van der Waals surface area (Å²) in [5.74, 6) is -0.565. The number of anilines is 1. The van der Waals surface area contributed by atoms with Crippen LogP contribution in [-0.2, 0) is 11.2 Å². The smallest absolute Gasteiger partial charge is 0.266 e. The summed E-state index contributed by atoms with van der Waals surface area (Å²) in [6.07, 6.45) is 4.00. The van der Waals surface area contributed by atoms with E-state index in [2.05, 4.69) is 22.4 Å². The van der Waals surface area contributed by atoms with E-state index in [4.69, 9.17) is 5.26 Å². The van der Waals surface area contributed by atoms with Crippen molar-refractivity contribution in [1.82, 2.24) is 10.2 Å². The predicted molar refractivity (Wildman–Crippen MR) is 105 cm³/mol. The van der Waals surface area contributed by atoms with Gasteiger partial charge in [0.05, 0.1) is 17.5 Å². The van der Waals surface area contributed by atoms with Crippen LogP contribution in [0.5, 0.6) is 0 Å². The second-order valence-electron chi connectivity index (χ2n) is 5.65. The molecule has 7 heteroatoms. The number of nitrogens with one attached hydrogen (secondary N) is 2. The number of aryl methyl sites for hydroxylation is 1. The molecule has 27 heavy (non-hydrogen) atoms. The summed E-state index contributed by atoms with van der Waals surface area (Å²) < 4.78 is 0. The summed E-state index contributed by atoms with van der Waals surface area (Å²) in [4.78, 5) is 12.4. The van der Waals surface area contributed by atoms with Gasteiger partial charge in [-0.05, 0) is 29.5 Å².